The Labute approximate surface area is 53.1 Å². The van der Waals surface area contributed by atoms with Crippen molar-refractivity contribution < 1.29 is 0 Å². The second-order valence-electron chi connectivity index (χ2n) is 1.14. The standard InChI is InChI=1S/C6H9Br/c1-2-3-4-5-6-7/h2-4H,1,5-6H2. The van der Waals surface area contributed by atoms with Crippen LogP contribution in [0.15, 0.2) is 24.8 Å². The normalized spacial score (nSPS) is 9.86. The van der Waals surface area contributed by atoms with E-state index in [0.29, 0.717) is 0 Å². The van der Waals surface area contributed by atoms with E-state index in [1.807, 2.05) is 6.08 Å². The summed E-state index contributed by atoms with van der Waals surface area (Å²) in [5.74, 6) is 0. The van der Waals surface area contributed by atoms with Crippen molar-refractivity contribution in [3.63, 3.8) is 0 Å². The van der Waals surface area contributed by atoms with Gasteiger partial charge < -0.3 is 0 Å². The van der Waals surface area contributed by atoms with Crippen LogP contribution < -0.4 is 0 Å². The Kier molecular flexibility index (Phi) is 5.93. The molecule has 0 N–H and O–H groups in total. The van der Waals surface area contributed by atoms with Gasteiger partial charge >= 0.3 is 0 Å². The van der Waals surface area contributed by atoms with Crippen LogP contribution >= 0.6 is 15.9 Å². The highest BCUT2D eigenvalue weighted by Crippen LogP contribution is 1.87. The molecule has 7 heavy (non-hydrogen) atoms. The fourth-order valence-electron chi connectivity index (χ4n) is 0.255. The molecule has 0 saturated carbocycles. The van der Waals surface area contributed by atoms with Gasteiger partial charge in [0.05, 0.1) is 0 Å². The molecule has 0 unspecified atom stereocenters. The first kappa shape index (κ1) is 6.96. The summed E-state index contributed by atoms with van der Waals surface area (Å²) in [6, 6.07) is 0. The number of alkyl halides is 1. The van der Waals surface area contributed by atoms with Crippen molar-refractivity contribution in [1.82, 2.24) is 0 Å². The summed E-state index contributed by atoms with van der Waals surface area (Å²) in [6.07, 6.45) is 6.89. The molecule has 0 spiro atoms. The Morgan fingerprint density at radius 2 is 2.29 bits per heavy atom. The minimum atomic E-state index is 1.04. The number of hydrogen-bond acceptors (Lipinski definition) is 0. The highest BCUT2D eigenvalue weighted by atomic mass is 79.9. The van der Waals surface area contributed by atoms with E-state index in [0.717, 1.165) is 11.8 Å². The second-order valence-corrected chi connectivity index (χ2v) is 1.93. The Morgan fingerprint density at radius 1 is 1.57 bits per heavy atom. The molecule has 0 rings (SSSR count). The van der Waals surface area contributed by atoms with Crippen molar-refractivity contribution in [1.29, 1.82) is 0 Å². The number of halogens is 1. The zero-order valence-corrected chi connectivity index (χ0v) is 5.82. The maximum absolute atomic E-state index is 3.53. The van der Waals surface area contributed by atoms with Crippen LogP contribution in [0.2, 0.25) is 0 Å². The van der Waals surface area contributed by atoms with Crippen LogP contribution in [0, 0.1) is 0 Å². The van der Waals surface area contributed by atoms with Gasteiger partial charge in [0.2, 0.25) is 0 Å². The van der Waals surface area contributed by atoms with E-state index in [2.05, 4.69) is 28.6 Å². The molecule has 0 bridgehead atoms. The summed E-state index contributed by atoms with van der Waals surface area (Å²) in [5.41, 5.74) is 0. The van der Waals surface area contributed by atoms with Gasteiger partial charge in [-0.2, -0.15) is 0 Å². The maximum Gasteiger partial charge on any atom is 0.00660 e. The first-order chi connectivity index (χ1) is 3.41. The number of allylic oxidation sites excluding steroid dienone is 3. The topological polar surface area (TPSA) is 0 Å². The van der Waals surface area contributed by atoms with E-state index in [-0.39, 0.29) is 0 Å². The van der Waals surface area contributed by atoms with Gasteiger partial charge in [0.1, 0.15) is 0 Å². The lowest BCUT2D eigenvalue weighted by Crippen LogP contribution is -1.61. The third-order valence-corrected chi connectivity index (χ3v) is 1.01. The van der Waals surface area contributed by atoms with Crippen LogP contribution in [0.5, 0.6) is 0 Å². The van der Waals surface area contributed by atoms with Crippen molar-refractivity contribution in [3.05, 3.63) is 24.8 Å². The SMILES string of the molecule is C=CC=CCCBr. The Morgan fingerprint density at radius 3 is 2.71 bits per heavy atom. The van der Waals surface area contributed by atoms with Gasteiger partial charge in [-0.3, -0.25) is 0 Å². The molecule has 0 aromatic heterocycles. The fraction of sp³-hybridized carbons (Fsp3) is 0.333. The maximum atomic E-state index is 3.53. The Hall–Kier alpha value is -0.0400. The predicted molar refractivity (Wildman–Crippen MR) is 37.7 cm³/mol. The second kappa shape index (κ2) is 5.96. The van der Waals surface area contributed by atoms with Gasteiger partial charge in [-0.05, 0) is 6.42 Å². The van der Waals surface area contributed by atoms with E-state index < -0.39 is 0 Å². The van der Waals surface area contributed by atoms with E-state index in [1.165, 1.54) is 0 Å². The van der Waals surface area contributed by atoms with Crippen molar-refractivity contribution in [3.8, 4) is 0 Å². The van der Waals surface area contributed by atoms with Gasteiger partial charge in [-0.25, -0.2) is 0 Å². The lowest BCUT2D eigenvalue weighted by atomic mass is 10.4. The summed E-state index contributed by atoms with van der Waals surface area (Å²) in [6.45, 7) is 3.53. The third kappa shape index (κ3) is 5.96. The molecular weight excluding hydrogens is 152 g/mol. The quantitative estimate of drug-likeness (QED) is 0.440. The smallest absolute Gasteiger partial charge is 0.00660 e. The predicted octanol–water partition coefficient (Wildman–Crippen LogP) is 2.51. The molecule has 0 aliphatic heterocycles. The molecule has 40 valence electrons. The van der Waals surface area contributed by atoms with Crippen LogP contribution in [0.4, 0.5) is 0 Å². The fourth-order valence-corrected chi connectivity index (χ4v) is 0.520. The van der Waals surface area contributed by atoms with E-state index in [1.54, 1.807) is 6.08 Å². The van der Waals surface area contributed by atoms with Gasteiger partial charge in [0, 0.05) is 5.33 Å². The first-order valence-electron chi connectivity index (χ1n) is 2.25. The summed E-state index contributed by atoms with van der Waals surface area (Å²) >= 11 is 3.29. The summed E-state index contributed by atoms with van der Waals surface area (Å²) < 4.78 is 0. The van der Waals surface area contributed by atoms with Gasteiger partial charge in [0.25, 0.3) is 0 Å². The van der Waals surface area contributed by atoms with Crippen molar-refractivity contribution in [2.45, 2.75) is 6.42 Å². The molecule has 0 fully saturated rings. The summed E-state index contributed by atoms with van der Waals surface area (Å²) in [5, 5.41) is 1.04. The zero-order valence-electron chi connectivity index (χ0n) is 4.23. The minimum Gasteiger partial charge on any atom is -0.0991 e. The van der Waals surface area contributed by atoms with Crippen molar-refractivity contribution in [2.24, 2.45) is 0 Å². The van der Waals surface area contributed by atoms with Gasteiger partial charge in [-0.1, -0.05) is 40.7 Å². The number of rotatable bonds is 3. The molecule has 0 aliphatic carbocycles. The van der Waals surface area contributed by atoms with E-state index >= 15 is 0 Å². The molecule has 0 aromatic carbocycles. The Balaban J connectivity index is 2.92. The minimum absolute atomic E-state index is 1.04. The van der Waals surface area contributed by atoms with Crippen LogP contribution in [-0.2, 0) is 0 Å². The van der Waals surface area contributed by atoms with Gasteiger partial charge in [-0.15, -0.1) is 0 Å². The van der Waals surface area contributed by atoms with E-state index in [9.17, 15) is 0 Å². The largest absolute Gasteiger partial charge is 0.0991 e. The van der Waals surface area contributed by atoms with E-state index in [4.69, 9.17) is 0 Å². The highest BCUT2D eigenvalue weighted by Gasteiger charge is 1.67. The molecule has 0 amide bonds. The third-order valence-electron chi connectivity index (χ3n) is 0.548. The van der Waals surface area contributed by atoms with Crippen LogP contribution in [0.25, 0.3) is 0 Å². The molecule has 0 aromatic rings. The Bertz CT molecular complexity index is 64.6. The molecule has 0 saturated heterocycles. The molecule has 0 radical (unpaired) electrons. The summed E-state index contributed by atoms with van der Waals surface area (Å²) in [4.78, 5) is 0. The summed E-state index contributed by atoms with van der Waals surface area (Å²) in [7, 11) is 0. The molecule has 1 heteroatoms. The van der Waals surface area contributed by atoms with Crippen LogP contribution in [0.1, 0.15) is 6.42 Å². The van der Waals surface area contributed by atoms with Crippen molar-refractivity contribution in [2.75, 3.05) is 5.33 Å². The van der Waals surface area contributed by atoms with Crippen molar-refractivity contribution >= 4 is 15.9 Å². The van der Waals surface area contributed by atoms with Gasteiger partial charge in [0.15, 0.2) is 0 Å². The lowest BCUT2D eigenvalue weighted by Gasteiger charge is -1.75. The first-order valence-corrected chi connectivity index (χ1v) is 3.37. The van der Waals surface area contributed by atoms with Crippen LogP contribution in [0.3, 0.4) is 0 Å². The number of hydrogen-bond donors (Lipinski definition) is 0. The van der Waals surface area contributed by atoms with Crippen LogP contribution in [-0.4, -0.2) is 5.33 Å². The molecule has 0 nitrogen and oxygen atoms in total. The molecule has 0 heterocycles. The molecule has 0 aliphatic rings. The highest BCUT2D eigenvalue weighted by molar-refractivity contribution is 9.09. The monoisotopic (exact) mass is 160 g/mol. The average molecular weight is 161 g/mol. The molecule has 0 atom stereocenters. The molecular formula is C6H9Br. The lowest BCUT2D eigenvalue weighted by molar-refractivity contribution is 1.26. The average Bonchev–Trinajstić information content (AvgIpc) is 1.69. The zero-order chi connectivity index (χ0) is 5.54.